The van der Waals surface area contributed by atoms with Crippen LogP contribution >= 0.6 is 23.2 Å². The van der Waals surface area contributed by atoms with Crippen LogP contribution in [-0.2, 0) is 4.79 Å². The molecule has 0 bridgehead atoms. The Bertz CT molecular complexity index is 787. The summed E-state index contributed by atoms with van der Waals surface area (Å²) in [5.74, 6) is -0.0363. The average molecular weight is 404 g/mol. The van der Waals surface area contributed by atoms with Gasteiger partial charge in [-0.25, -0.2) is 0 Å². The molecule has 0 saturated carbocycles. The van der Waals surface area contributed by atoms with Crippen molar-refractivity contribution in [3.63, 3.8) is 0 Å². The number of anilines is 1. The zero-order chi connectivity index (χ0) is 19.1. The fourth-order valence-corrected chi connectivity index (χ4v) is 3.31. The Morgan fingerprint density at radius 3 is 2.37 bits per heavy atom. The van der Waals surface area contributed by atoms with E-state index in [1.807, 2.05) is 18.2 Å². The molecular weight excluding hydrogens is 381 g/mol. The Balaban J connectivity index is 1.39. The van der Waals surface area contributed by atoms with E-state index >= 15 is 0 Å². The van der Waals surface area contributed by atoms with Gasteiger partial charge in [-0.05, 0) is 23.8 Å². The van der Waals surface area contributed by atoms with Crippen molar-refractivity contribution in [1.29, 1.82) is 0 Å². The van der Waals surface area contributed by atoms with Crippen LogP contribution in [0.15, 0.2) is 54.6 Å². The minimum atomic E-state index is -0.0363. The third-order valence-electron chi connectivity index (χ3n) is 4.51. The lowest BCUT2D eigenvalue weighted by Gasteiger charge is -2.33. The highest BCUT2D eigenvalue weighted by Gasteiger charge is 2.18. The lowest BCUT2D eigenvalue weighted by atomic mass is 10.2. The van der Waals surface area contributed by atoms with Crippen LogP contribution in [0.3, 0.4) is 0 Å². The monoisotopic (exact) mass is 403 g/mol. The van der Waals surface area contributed by atoms with E-state index in [4.69, 9.17) is 23.2 Å². The van der Waals surface area contributed by atoms with Crippen molar-refractivity contribution in [1.82, 2.24) is 9.80 Å². The first-order chi connectivity index (χ1) is 13.1. The fraction of sp³-hybridized carbons (Fsp3) is 0.286. The lowest BCUT2D eigenvalue weighted by molar-refractivity contribution is -0.117. The first-order valence-electron chi connectivity index (χ1n) is 9.01. The first kappa shape index (κ1) is 19.9. The molecule has 2 aromatic rings. The number of rotatable bonds is 6. The van der Waals surface area contributed by atoms with Crippen LogP contribution in [0.2, 0.25) is 10.0 Å². The van der Waals surface area contributed by atoms with Crippen LogP contribution in [0.5, 0.6) is 0 Å². The van der Waals surface area contributed by atoms with Crippen LogP contribution in [0.25, 0.3) is 6.08 Å². The molecule has 0 atom stereocenters. The van der Waals surface area contributed by atoms with Crippen LogP contribution in [0.4, 0.5) is 5.69 Å². The van der Waals surface area contributed by atoms with Gasteiger partial charge in [0.2, 0.25) is 5.91 Å². The number of piperazine rings is 1. The van der Waals surface area contributed by atoms with E-state index in [9.17, 15) is 4.79 Å². The summed E-state index contributed by atoms with van der Waals surface area (Å²) in [7, 11) is 0. The molecule has 142 valence electrons. The molecule has 0 aliphatic carbocycles. The number of carbonyl (C=O) groups is 1. The molecule has 0 spiro atoms. The van der Waals surface area contributed by atoms with E-state index in [0.29, 0.717) is 22.3 Å². The molecule has 0 aromatic heterocycles. The van der Waals surface area contributed by atoms with E-state index in [1.165, 1.54) is 5.56 Å². The van der Waals surface area contributed by atoms with Gasteiger partial charge in [-0.1, -0.05) is 65.7 Å². The lowest BCUT2D eigenvalue weighted by Crippen LogP contribution is -2.48. The molecule has 1 fully saturated rings. The Labute approximate surface area is 170 Å². The maximum Gasteiger partial charge on any atom is 0.238 e. The molecule has 1 heterocycles. The second-order valence-electron chi connectivity index (χ2n) is 6.57. The predicted octanol–water partition coefficient (Wildman–Crippen LogP) is 4.26. The second-order valence-corrected chi connectivity index (χ2v) is 7.38. The number of hydrogen-bond donors (Lipinski definition) is 1. The molecule has 0 unspecified atom stereocenters. The number of halogens is 2. The summed E-state index contributed by atoms with van der Waals surface area (Å²) >= 11 is 11.9. The first-order valence-corrected chi connectivity index (χ1v) is 9.77. The zero-order valence-electron chi connectivity index (χ0n) is 15.1. The third kappa shape index (κ3) is 6.36. The van der Waals surface area contributed by atoms with E-state index in [-0.39, 0.29) is 5.91 Å². The van der Waals surface area contributed by atoms with Crippen molar-refractivity contribution in [2.75, 3.05) is 44.6 Å². The number of amides is 1. The molecule has 6 heteroatoms. The van der Waals surface area contributed by atoms with Gasteiger partial charge in [0.25, 0.3) is 0 Å². The fourth-order valence-electron chi connectivity index (χ4n) is 3.01. The summed E-state index contributed by atoms with van der Waals surface area (Å²) in [4.78, 5) is 16.8. The molecule has 0 radical (unpaired) electrons. The molecule has 2 aromatic carbocycles. The normalized spacial score (nSPS) is 15.9. The van der Waals surface area contributed by atoms with Gasteiger partial charge in [0.05, 0.1) is 16.6 Å². The van der Waals surface area contributed by atoms with E-state index < -0.39 is 0 Å². The van der Waals surface area contributed by atoms with Crippen molar-refractivity contribution in [3.05, 3.63) is 70.2 Å². The van der Waals surface area contributed by atoms with Crippen molar-refractivity contribution >= 4 is 40.9 Å². The van der Waals surface area contributed by atoms with Crippen molar-refractivity contribution in [2.45, 2.75) is 0 Å². The van der Waals surface area contributed by atoms with Gasteiger partial charge < -0.3 is 5.32 Å². The van der Waals surface area contributed by atoms with Crippen molar-refractivity contribution < 1.29 is 4.79 Å². The maximum absolute atomic E-state index is 12.2. The predicted molar refractivity (Wildman–Crippen MR) is 113 cm³/mol. The average Bonchev–Trinajstić information content (AvgIpc) is 2.67. The van der Waals surface area contributed by atoms with E-state index in [2.05, 4.69) is 39.4 Å². The number of nitrogens with one attached hydrogen (secondary N) is 1. The van der Waals surface area contributed by atoms with Gasteiger partial charge in [-0.15, -0.1) is 0 Å². The summed E-state index contributed by atoms with van der Waals surface area (Å²) in [6, 6.07) is 15.4. The number of hydrogen-bond acceptors (Lipinski definition) is 3. The summed E-state index contributed by atoms with van der Waals surface area (Å²) in [5.41, 5.74) is 1.88. The van der Waals surface area contributed by atoms with Gasteiger partial charge in [0.15, 0.2) is 0 Å². The maximum atomic E-state index is 12.2. The molecule has 1 aliphatic rings. The topological polar surface area (TPSA) is 35.6 Å². The Morgan fingerprint density at radius 1 is 0.963 bits per heavy atom. The molecule has 1 N–H and O–H groups in total. The third-order valence-corrected chi connectivity index (χ3v) is 5.25. The molecule has 27 heavy (non-hydrogen) atoms. The van der Waals surface area contributed by atoms with Crippen LogP contribution in [0.1, 0.15) is 5.56 Å². The van der Waals surface area contributed by atoms with Gasteiger partial charge in [-0.2, -0.15) is 0 Å². The molecule has 4 nitrogen and oxygen atoms in total. The molecule has 3 rings (SSSR count). The van der Waals surface area contributed by atoms with Gasteiger partial charge in [0.1, 0.15) is 0 Å². The van der Waals surface area contributed by atoms with Crippen LogP contribution in [-0.4, -0.2) is 55.0 Å². The van der Waals surface area contributed by atoms with Crippen LogP contribution in [0, 0.1) is 0 Å². The minimum absolute atomic E-state index is 0.0363. The Morgan fingerprint density at radius 2 is 1.67 bits per heavy atom. The molecular formula is C21H23Cl2N3O. The second kappa shape index (κ2) is 9.90. The zero-order valence-corrected chi connectivity index (χ0v) is 16.6. The summed E-state index contributed by atoms with van der Waals surface area (Å²) in [6.07, 6.45) is 4.35. The smallest absolute Gasteiger partial charge is 0.238 e. The van der Waals surface area contributed by atoms with Gasteiger partial charge >= 0.3 is 0 Å². The highest BCUT2D eigenvalue weighted by Crippen LogP contribution is 2.24. The molecule has 1 aliphatic heterocycles. The van der Waals surface area contributed by atoms with Gasteiger partial charge in [-0.3, -0.25) is 14.6 Å². The SMILES string of the molecule is O=C(CN1CCN(C/C=C/c2ccccc2)CC1)Nc1ccc(Cl)c(Cl)c1. The number of benzene rings is 2. The quantitative estimate of drug-likeness (QED) is 0.782. The molecule has 1 amide bonds. The highest BCUT2D eigenvalue weighted by molar-refractivity contribution is 6.42. The van der Waals surface area contributed by atoms with E-state index in [0.717, 1.165) is 32.7 Å². The number of nitrogens with zero attached hydrogens (tertiary/aromatic N) is 2. The van der Waals surface area contributed by atoms with Crippen molar-refractivity contribution in [2.24, 2.45) is 0 Å². The summed E-state index contributed by atoms with van der Waals surface area (Å²) in [6.45, 7) is 4.99. The van der Waals surface area contributed by atoms with Crippen LogP contribution < -0.4 is 5.32 Å². The minimum Gasteiger partial charge on any atom is -0.325 e. The standard InChI is InChI=1S/C21H23Cl2N3O/c22-19-9-8-18(15-20(19)23)24-21(27)16-26-13-11-25(12-14-26)10-4-7-17-5-2-1-3-6-17/h1-9,15H,10-14,16H2,(H,24,27)/b7-4+. The largest absolute Gasteiger partial charge is 0.325 e. The summed E-state index contributed by atoms with van der Waals surface area (Å²) < 4.78 is 0. The summed E-state index contributed by atoms with van der Waals surface area (Å²) in [5, 5.41) is 3.79. The van der Waals surface area contributed by atoms with Gasteiger partial charge in [0, 0.05) is 38.4 Å². The highest BCUT2D eigenvalue weighted by atomic mass is 35.5. The Hall–Kier alpha value is -1.85. The molecule has 1 saturated heterocycles. The Kier molecular flexibility index (Phi) is 7.30. The van der Waals surface area contributed by atoms with E-state index in [1.54, 1.807) is 18.2 Å². The van der Waals surface area contributed by atoms with Crippen molar-refractivity contribution in [3.8, 4) is 0 Å². The number of carbonyl (C=O) groups excluding carboxylic acids is 1.